The number of rotatable bonds is 3. The zero-order chi connectivity index (χ0) is 22.7. The van der Waals surface area contributed by atoms with Gasteiger partial charge in [0.25, 0.3) is 0 Å². The summed E-state index contributed by atoms with van der Waals surface area (Å²) in [7, 11) is 3.82. The van der Waals surface area contributed by atoms with Crippen molar-refractivity contribution in [2.75, 3.05) is 19.8 Å². The predicted molar refractivity (Wildman–Crippen MR) is 121 cm³/mol. The number of nitrogens with zero attached hydrogens (tertiary/aromatic N) is 7. The molecule has 1 amide bonds. The third-order valence-corrected chi connectivity index (χ3v) is 6.70. The van der Waals surface area contributed by atoms with Crippen LogP contribution in [-0.2, 0) is 31.9 Å². The number of aryl methyl sites for hydroxylation is 2. The van der Waals surface area contributed by atoms with Gasteiger partial charge < -0.3 is 19.3 Å². The minimum absolute atomic E-state index is 0.238. The average Bonchev–Trinajstić information content (AvgIpc) is 3.59. The van der Waals surface area contributed by atoms with Gasteiger partial charge in [-0.1, -0.05) is 6.07 Å². The van der Waals surface area contributed by atoms with Crippen molar-refractivity contribution in [1.82, 2.24) is 34.0 Å². The maximum atomic E-state index is 11.7. The van der Waals surface area contributed by atoms with E-state index in [0.717, 1.165) is 58.0 Å². The van der Waals surface area contributed by atoms with E-state index in [1.165, 1.54) is 4.90 Å². The van der Waals surface area contributed by atoms with Crippen LogP contribution in [0, 0.1) is 0 Å². The number of amides is 1. The van der Waals surface area contributed by atoms with Gasteiger partial charge in [-0.2, -0.15) is 10.2 Å². The lowest BCUT2D eigenvalue weighted by Gasteiger charge is -2.27. The molecule has 4 aromatic rings. The van der Waals surface area contributed by atoms with Gasteiger partial charge in [-0.25, -0.2) is 9.78 Å². The minimum Gasteiger partial charge on any atom is -0.465 e. The molecule has 170 valence electrons. The zero-order valence-electron chi connectivity index (χ0n) is 18.6. The second kappa shape index (κ2) is 7.45. The van der Waals surface area contributed by atoms with Gasteiger partial charge in [0, 0.05) is 62.4 Å². The molecule has 0 saturated carbocycles. The van der Waals surface area contributed by atoms with Crippen LogP contribution < -0.4 is 0 Å². The van der Waals surface area contributed by atoms with Crippen LogP contribution in [-0.4, -0.2) is 65.0 Å². The van der Waals surface area contributed by atoms with Gasteiger partial charge in [-0.05, 0) is 18.6 Å². The number of benzene rings is 1. The number of carboxylic acid groups (broad SMARTS) is 1. The third-order valence-electron chi connectivity index (χ3n) is 6.70. The van der Waals surface area contributed by atoms with Gasteiger partial charge in [0.2, 0.25) is 0 Å². The molecule has 1 aromatic carbocycles. The van der Waals surface area contributed by atoms with Crippen LogP contribution in [0.2, 0.25) is 0 Å². The Kier molecular flexibility index (Phi) is 4.51. The molecule has 0 radical (unpaired) electrons. The fourth-order valence-corrected chi connectivity index (χ4v) is 5.01. The average molecular weight is 447 g/mol. The van der Waals surface area contributed by atoms with E-state index in [2.05, 4.69) is 27.9 Å². The van der Waals surface area contributed by atoms with E-state index >= 15 is 0 Å². The van der Waals surface area contributed by atoms with E-state index in [9.17, 15) is 9.90 Å². The van der Waals surface area contributed by atoms with Gasteiger partial charge in [0.1, 0.15) is 11.5 Å². The summed E-state index contributed by atoms with van der Waals surface area (Å²) in [5, 5.41) is 19.7. The van der Waals surface area contributed by atoms with Crippen LogP contribution >= 0.6 is 0 Å². The Hall–Kier alpha value is -3.66. The second-order valence-corrected chi connectivity index (χ2v) is 8.79. The first-order valence-electron chi connectivity index (χ1n) is 11.1. The molecule has 0 bridgehead atoms. The second-order valence-electron chi connectivity index (χ2n) is 8.79. The molecule has 0 aliphatic carbocycles. The molecule has 2 aliphatic heterocycles. The lowest BCUT2D eigenvalue weighted by molar-refractivity contribution is 0.132. The van der Waals surface area contributed by atoms with Crippen molar-refractivity contribution in [3.05, 3.63) is 42.1 Å². The van der Waals surface area contributed by atoms with E-state index < -0.39 is 6.09 Å². The first kappa shape index (κ1) is 20.0. The molecule has 1 fully saturated rings. The molecule has 2 aliphatic rings. The Morgan fingerprint density at radius 2 is 2.06 bits per heavy atom. The van der Waals surface area contributed by atoms with Crippen LogP contribution in [0.3, 0.4) is 0 Å². The molecular formula is C23H25N7O3. The molecule has 6 rings (SSSR count). The van der Waals surface area contributed by atoms with Gasteiger partial charge in [-0.3, -0.25) is 9.36 Å². The Balaban J connectivity index is 1.51. The summed E-state index contributed by atoms with van der Waals surface area (Å²) in [6, 6.07) is 6.22. The molecule has 1 unspecified atom stereocenters. The Labute approximate surface area is 190 Å². The number of ether oxygens (including phenoxy) is 1. The smallest absolute Gasteiger partial charge is 0.407 e. The van der Waals surface area contributed by atoms with Crippen LogP contribution in [0.5, 0.6) is 0 Å². The molecule has 1 atom stereocenters. The number of fused-ring (bicyclic) bond motifs is 2. The van der Waals surface area contributed by atoms with Gasteiger partial charge in [0.15, 0.2) is 0 Å². The summed E-state index contributed by atoms with van der Waals surface area (Å²) in [4.78, 5) is 18.2. The molecule has 1 N–H and O–H groups in total. The fourth-order valence-electron chi connectivity index (χ4n) is 5.01. The number of carbonyl (C=O) groups is 1. The Morgan fingerprint density at radius 1 is 1.18 bits per heavy atom. The maximum Gasteiger partial charge on any atom is 0.407 e. The quantitative estimate of drug-likeness (QED) is 0.518. The molecule has 10 nitrogen and oxygen atoms in total. The highest BCUT2D eigenvalue weighted by Gasteiger charge is 2.31. The van der Waals surface area contributed by atoms with Crippen molar-refractivity contribution < 1.29 is 14.6 Å². The van der Waals surface area contributed by atoms with Crippen molar-refractivity contribution in [3.8, 4) is 22.5 Å². The van der Waals surface area contributed by atoms with Gasteiger partial charge in [0.05, 0.1) is 36.3 Å². The highest BCUT2D eigenvalue weighted by Crippen LogP contribution is 2.36. The first-order valence-corrected chi connectivity index (χ1v) is 11.1. The SMILES string of the molecule is Cn1cc(-c2nn(C)c3ccc(-c4nc(C5CCOC5)n5c4CN(C(=O)O)CC5)cc23)cn1. The molecule has 10 heteroatoms. The van der Waals surface area contributed by atoms with E-state index in [0.29, 0.717) is 26.2 Å². The summed E-state index contributed by atoms with van der Waals surface area (Å²) in [5.74, 6) is 1.24. The number of imidazole rings is 1. The topological polar surface area (TPSA) is 103 Å². The van der Waals surface area contributed by atoms with E-state index in [1.54, 1.807) is 4.68 Å². The Morgan fingerprint density at radius 3 is 2.79 bits per heavy atom. The monoisotopic (exact) mass is 447 g/mol. The van der Waals surface area contributed by atoms with E-state index in [-0.39, 0.29) is 5.92 Å². The van der Waals surface area contributed by atoms with Crippen molar-refractivity contribution in [3.63, 3.8) is 0 Å². The molecule has 1 saturated heterocycles. The molecule has 0 spiro atoms. The standard InChI is InChI=1S/C23H25N7O3/c1-27-11-16(10-24-27)20-17-9-14(3-4-18(17)28(2)26-20)21-19-12-29(23(31)32)6-7-30(19)22(25-21)15-5-8-33-13-15/h3-4,9-11,15H,5-8,12-13H2,1-2H3,(H,31,32). The lowest BCUT2D eigenvalue weighted by atomic mass is 10.0. The minimum atomic E-state index is -0.902. The third kappa shape index (κ3) is 3.20. The zero-order valence-corrected chi connectivity index (χ0v) is 18.6. The highest BCUT2D eigenvalue weighted by molar-refractivity contribution is 5.95. The summed E-state index contributed by atoms with van der Waals surface area (Å²) >= 11 is 0. The van der Waals surface area contributed by atoms with Gasteiger partial charge in [-0.15, -0.1) is 0 Å². The predicted octanol–water partition coefficient (Wildman–Crippen LogP) is 2.83. The van der Waals surface area contributed by atoms with E-state index in [1.807, 2.05) is 31.2 Å². The van der Waals surface area contributed by atoms with Crippen LogP contribution in [0.15, 0.2) is 30.6 Å². The number of hydrogen-bond acceptors (Lipinski definition) is 5. The number of hydrogen-bond donors (Lipinski definition) is 1. The summed E-state index contributed by atoms with van der Waals surface area (Å²) in [6.07, 6.45) is 3.80. The van der Waals surface area contributed by atoms with Crippen LogP contribution in [0.25, 0.3) is 33.4 Å². The normalized spacial score (nSPS) is 18.2. The maximum absolute atomic E-state index is 11.7. The van der Waals surface area contributed by atoms with Crippen LogP contribution in [0.1, 0.15) is 23.9 Å². The summed E-state index contributed by atoms with van der Waals surface area (Å²) in [6.45, 7) is 2.79. The van der Waals surface area contributed by atoms with Crippen LogP contribution in [0.4, 0.5) is 4.79 Å². The fraction of sp³-hybridized carbons (Fsp3) is 0.391. The molecule has 33 heavy (non-hydrogen) atoms. The number of aromatic nitrogens is 6. The van der Waals surface area contributed by atoms with E-state index in [4.69, 9.17) is 14.8 Å². The van der Waals surface area contributed by atoms with Crippen molar-refractivity contribution in [2.24, 2.45) is 14.1 Å². The first-order chi connectivity index (χ1) is 16.0. The summed E-state index contributed by atoms with van der Waals surface area (Å²) < 4.78 is 11.5. The highest BCUT2D eigenvalue weighted by atomic mass is 16.5. The Bertz CT molecular complexity index is 1380. The van der Waals surface area contributed by atoms with Crippen molar-refractivity contribution >= 4 is 17.0 Å². The molecule has 5 heterocycles. The largest absolute Gasteiger partial charge is 0.465 e. The van der Waals surface area contributed by atoms with Crippen molar-refractivity contribution in [1.29, 1.82) is 0 Å². The molecule has 3 aromatic heterocycles. The lowest BCUT2D eigenvalue weighted by Crippen LogP contribution is -2.37. The van der Waals surface area contributed by atoms with Crippen molar-refractivity contribution in [2.45, 2.75) is 25.4 Å². The summed E-state index contributed by atoms with van der Waals surface area (Å²) in [5.41, 5.74) is 5.58. The molecular weight excluding hydrogens is 422 g/mol. The van der Waals surface area contributed by atoms with Gasteiger partial charge >= 0.3 is 6.09 Å².